The summed E-state index contributed by atoms with van der Waals surface area (Å²) in [6.07, 6.45) is 18.6. The standard InChI is InChI=1S/C20H21N3O.C19H20N4O.C18H17N3O/c1-15(2)24-19-12-16(3)11-18(13-19)20-21-14-23(22-20)10-9-17-7-5-4-6-8-17;1-14(2)24-18-11-15(3)10-16(12-18)19-21-13-23(22-19)9-7-17-6-4-5-8-20-17;1-14-10-16(12-17(11-14)22-2)18-19-13-21(20-18)9-8-15-6-4-3-5-7-15/h4-15H,1-3H3;4-14H,1-3H3;3-13H,1-2H3/b10-9-;9-7-;9-8-. The molecule has 0 aliphatic rings. The Balaban J connectivity index is 0.000000155. The number of pyridine rings is 1. The minimum Gasteiger partial charge on any atom is -0.497 e. The first-order valence-corrected chi connectivity index (χ1v) is 23.0. The zero-order valence-corrected chi connectivity index (χ0v) is 40.8. The zero-order chi connectivity index (χ0) is 49.2. The fraction of sp³-hybridized carbons (Fsp3) is 0.175. The lowest BCUT2D eigenvalue weighted by Gasteiger charge is -2.11. The van der Waals surface area contributed by atoms with E-state index < -0.39 is 0 Å². The van der Waals surface area contributed by atoms with Crippen molar-refractivity contribution >= 4 is 36.8 Å². The third-order valence-electron chi connectivity index (χ3n) is 9.96. The van der Waals surface area contributed by atoms with E-state index in [0.29, 0.717) is 17.5 Å². The second-order valence-corrected chi connectivity index (χ2v) is 16.8. The predicted molar refractivity (Wildman–Crippen MR) is 281 cm³/mol. The lowest BCUT2D eigenvalue weighted by Crippen LogP contribution is -2.05. The monoisotopic (exact) mass is 930 g/mol. The minimum atomic E-state index is 0.131. The molecule has 0 saturated heterocycles. The van der Waals surface area contributed by atoms with Crippen LogP contribution in [0, 0.1) is 20.8 Å². The van der Waals surface area contributed by atoms with E-state index >= 15 is 0 Å². The molecule has 4 heterocycles. The maximum absolute atomic E-state index is 5.79. The van der Waals surface area contributed by atoms with Gasteiger partial charge >= 0.3 is 0 Å². The highest BCUT2D eigenvalue weighted by Gasteiger charge is 2.10. The first-order valence-electron chi connectivity index (χ1n) is 23.0. The van der Waals surface area contributed by atoms with Gasteiger partial charge in [0.1, 0.15) is 36.2 Å². The highest BCUT2D eigenvalue weighted by molar-refractivity contribution is 5.64. The van der Waals surface area contributed by atoms with Crippen LogP contribution in [0.2, 0.25) is 0 Å². The third kappa shape index (κ3) is 15.2. The molecule has 0 aliphatic carbocycles. The summed E-state index contributed by atoms with van der Waals surface area (Å²) in [6.45, 7) is 14.2. The molecule has 0 unspecified atom stereocenters. The van der Waals surface area contributed by atoms with Gasteiger partial charge < -0.3 is 14.2 Å². The van der Waals surface area contributed by atoms with Crippen LogP contribution in [0.1, 0.15) is 61.2 Å². The van der Waals surface area contributed by atoms with Gasteiger partial charge in [-0.15, -0.1) is 15.3 Å². The number of hydrogen-bond donors (Lipinski definition) is 0. The Morgan fingerprint density at radius 2 is 0.814 bits per heavy atom. The fourth-order valence-electron chi connectivity index (χ4n) is 6.95. The van der Waals surface area contributed by atoms with Crippen LogP contribution in [-0.2, 0) is 0 Å². The Morgan fingerprint density at radius 1 is 0.429 bits per heavy atom. The molecule has 4 aromatic heterocycles. The number of rotatable bonds is 14. The number of hydrogen-bond acceptors (Lipinski definition) is 10. The van der Waals surface area contributed by atoms with Gasteiger partial charge in [0.05, 0.1) is 25.0 Å². The number of aromatic nitrogens is 10. The van der Waals surface area contributed by atoms with Crippen molar-refractivity contribution in [2.24, 2.45) is 0 Å². The van der Waals surface area contributed by atoms with E-state index in [2.05, 4.69) is 47.4 Å². The van der Waals surface area contributed by atoms with Crippen LogP contribution in [0.4, 0.5) is 0 Å². The topological polar surface area (TPSA) is 133 Å². The van der Waals surface area contributed by atoms with E-state index in [9.17, 15) is 0 Å². The smallest absolute Gasteiger partial charge is 0.181 e. The van der Waals surface area contributed by atoms with Crippen LogP contribution >= 0.6 is 0 Å². The van der Waals surface area contributed by atoms with E-state index in [1.54, 1.807) is 46.3 Å². The van der Waals surface area contributed by atoms with Crippen molar-refractivity contribution in [3.63, 3.8) is 0 Å². The van der Waals surface area contributed by atoms with Crippen molar-refractivity contribution in [2.45, 2.75) is 60.7 Å². The van der Waals surface area contributed by atoms with E-state index in [4.69, 9.17) is 14.2 Å². The average molecular weight is 931 g/mol. The Morgan fingerprint density at radius 3 is 1.20 bits per heavy atom. The first-order chi connectivity index (χ1) is 33.9. The highest BCUT2D eigenvalue weighted by atomic mass is 16.5. The molecule has 0 spiro atoms. The zero-order valence-electron chi connectivity index (χ0n) is 40.8. The lowest BCUT2D eigenvalue weighted by atomic mass is 10.1. The molecule has 13 heteroatoms. The van der Waals surface area contributed by atoms with Gasteiger partial charge in [-0.1, -0.05) is 66.7 Å². The molecule has 0 radical (unpaired) electrons. The van der Waals surface area contributed by atoms with Crippen molar-refractivity contribution in [3.05, 3.63) is 192 Å². The number of nitrogens with zero attached hydrogens (tertiary/aromatic N) is 10. The summed E-state index contributed by atoms with van der Waals surface area (Å²) in [5, 5.41) is 13.5. The van der Waals surface area contributed by atoms with Crippen molar-refractivity contribution in [3.8, 4) is 51.4 Å². The number of methoxy groups -OCH3 is 1. The molecule has 0 fully saturated rings. The van der Waals surface area contributed by atoms with Crippen molar-refractivity contribution in [1.29, 1.82) is 0 Å². The summed E-state index contributed by atoms with van der Waals surface area (Å²) in [7, 11) is 1.66. The summed E-state index contributed by atoms with van der Waals surface area (Å²) in [4.78, 5) is 17.4. The van der Waals surface area contributed by atoms with Gasteiger partial charge in [0.15, 0.2) is 17.5 Å². The van der Waals surface area contributed by atoms with Gasteiger partial charge in [-0.05, 0) is 161 Å². The largest absolute Gasteiger partial charge is 0.497 e. The van der Waals surface area contributed by atoms with E-state index in [1.165, 1.54) is 0 Å². The molecule has 70 heavy (non-hydrogen) atoms. The second kappa shape index (κ2) is 24.4. The highest BCUT2D eigenvalue weighted by Crippen LogP contribution is 2.27. The Bertz CT molecular complexity index is 2990. The lowest BCUT2D eigenvalue weighted by molar-refractivity contribution is 0.242. The number of benzene rings is 5. The summed E-state index contributed by atoms with van der Waals surface area (Å²) in [6, 6.07) is 44.0. The van der Waals surface area contributed by atoms with Crippen LogP contribution in [0.3, 0.4) is 0 Å². The van der Waals surface area contributed by atoms with Gasteiger partial charge in [-0.3, -0.25) is 4.98 Å². The predicted octanol–water partition coefficient (Wildman–Crippen LogP) is 12.6. The average Bonchev–Trinajstić information content (AvgIpc) is 4.15. The Hall–Kier alpha value is -8.71. The number of aryl methyl sites for hydroxylation is 3. The SMILES string of the molecule is COc1cc(C)cc(-c2ncn(/C=C\c3ccccc3)n2)c1.Cc1cc(OC(C)C)cc(-c2ncn(/C=C\c3ccccc3)n2)c1.Cc1cc(OC(C)C)cc(-c2ncn(/C=C\c3ccccn3)n2)c1. The minimum absolute atomic E-state index is 0.131. The van der Waals surface area contributed by atoms with Crippen LogP contribution in [-0.4, -0.2) is 68.6 Å². The van der Waals surface area contributed by atoms with Gasteiger partial charge in [-0.25, -0.2) is 29.0 Å². The molecule has 9 aromatic rings. The molecule has 0 aliphatic heterocycles. The van der Waals surface area contributed by atoms with Crippen molar-refractivity contribution in [2.75, 3.05) is 7.11 Å². The van der Waals surface area contributed by atoms with E-state index in [1.807, 2.05) is 207 Å². The maximum Gasteiger partial charge on any atom is 0.181 e. The molecule has 5 aromatic carbocycles. The molecule has 9 rings (SSSR count). The summed E-state index contributed by atoms with van der Waals surface area (Å²) in [5.74, 6) is 4.52. The second-order valence-electron chi connectivity index (χ2n) is 16.8. The first kappa shape index (κ1) is 49.2. The molecule has 13 nitrogen and oxygen atoms in total. The van der Waals surface area contributed by atoms with Gasteiger partial charge in [-0.2, -0.15) is 0 Å². The van der Waals surface area contributed by atoms with Gasteiger partial charge in [0, 0.05) is 41.5 Å². The molecule has 0 amide bonds. The molecular weight excluding hydrogens is 873 g/mol. The van der Waals surface area contributed by atoms with Crippen LogP contribution in [0.25, 0.3) is 71.0 Å². The summed E-state index contributed by atoms with van der Waals surface area (Å²) in [5.41, 5.74) is 9.32. The van der Waals surface area contributed by atoms with Crippen molar-refractivity contribution in [1.82, 2.24) is 49.3 Å². The van der Waals surface area contributed by atoms with Gasteiger partial charge in [0.25, 0.3) is 0 Å². The van der Waals surface area contributed by atoms with Crippen molar-refractivity contribution < 1.29 is 14.2 Å². The summed E-state index contributed by atoms with van der Waals surface area (Å²) >= 11 is 0. The molecule has 0 saturated carbocycles. The molecule has 354 valence electrons. The Labute approximate surface area is 410 Å². The quantitative estimate of drug-likeness (QED) is 0.104. The molecular formula is C57H58N10O3. The van der Waals surface area contributed by atoms with Crippen LogP contribution < -0.4 is 14.2 Å². The van der Waals surface area contributed by atoms with E-state index in [-0.39, 0.29) is 12.2 Å². The molecule has 0 bridgehead atoms. The fourth-order valence-corrected chi connectivity index (χ4v) is 6.95. The normalized spacial score (nSPS) is 11.2. The number of ether oxygens (including phenoxy) is 3. The van der Waals surface area contributed by atoms with Crippen LogP contribution in [0.15, 0.2) is 159 Å². The maximum atomic E-state index is 5.79. The Kier molecular flexibility index (Phi) is 17.1. The molecule has 0 atom stereocenters. The van der Waals surface area contributed by atoms with E-state index in [0.717, 1.165) is 67.5 Å². The van der Waals surface area contributed by atoms with Gasteiger partial charge in [0.2, 0.25) is 0 Å². The summed E-state index contributed by atoms with van der Waals surface area (Å²) < 4.78 is 22.0. The molecule has 0 N–H and O–H groups in total. The third-order valence-corrected chi connectivity index (χ3v) is 9.96. The van der Waals surface area contributed by atoms with Crippen LogP contribution in [0.5, 0.6) is 17.2 Å².